The molecular formula is C28H27N3O2S. The molecule has 2 amide bonds. The van der Waals surface area contributed by atoms with Crippen molar-refractivity contribution in [3.8, 4) is 0 Å². The summed E-state index contributed by atoms with van der Waals surface area (Å²) < 4.78 is 0. The Kier molecular flexibility index (Phi) is 6.79. The molecule has 3 aromatic rings. The number of carbonyl (C=O) groups is 2. The van der Waals surface area contributed by atoms with Crippen LogP contribution in [-0.4, -0.2) is 54.3 Å². The molecular weight excluding hydrogens is 442 g/mol. The van der Waals surface area contributed by atoms with Crippen LogP contribution >= 0.6 is 11.8 Å². The zero-order chi connectivity index (χ0) is 23.3. The largest absolute Gasteiger partial charge is 0.339 e. The summed E-state index contributed by atoms with van der Waals surface area (Å²) in [5.41, 5.74) is 3.06. The fraction of sp³-hybridized carbons (Fsp3) is 0.214. The molecule has 1 saturated heterocycles. The molecule has 5 nitrogen and oxygen atoms in total. The first-order valence-corrected chi connectivity index (χ1v) is 12.4. The van der Waals surface area contributed by atoms with E-state index in [2.05, 4.69) is 29.2 Å². The molecule has 0 atom stereocenters. The second-order valence-electron chi connectivity index (χ2n) is 8.52. The Labute approximate surface area is 204 Å². The topological polar surface area (TPSA) is 43.9 Å². The van der Waals surface area contributed by atoms with Crippen molar-refractivity contribution in [2.45, 2.75) is 11.4 Å². The number of nitrogens with zero attached hydrogens (tertiary/aromatic N) is 3. The number of carbonyl (C=O) groups excluding carboxylic acids is 2. The molecule has 1 fully saturated rings. The van der Waals surface area contributed by atoms with Crippen molar-refractivity contribution in [1.29, 1.82) is 0 Å². The van der Waals surface area contributed by atoms with E-state index in [0.717, 1.165) is 35.8 Å². The average Bonchev–Trinajstić information content (AvgIpc) is 2.88. The molecule has 5 rings (SSSR count). The molecule has 34 heavy (non-hydrogen) atoms. The highest BCUT2D eigenvalue weighted by Gasteiger charge is 2.32. The Balaban J connectivity index is 1.28. The SMILES string of the molecule is O=C(CN1C(=O)/C(=C/c2ccccc2)Sc2ccccc21)N1CCN(Cc2ccccc2)CC1. The van der Waals surface area contributed by atoms with Crippen molar-refractivity contribution in [1.82, 2.24) is 9.80 Å². The van der Waals surface area contributed by atoms with Gasteiger partial charge in [-0.05, 0) is 29.3 Å². The minimum absolute atomic E-state index is 0.00604. The number of piperazine rings is 1. The van der Waals surface area contributed by atoms with Crippen LogP contribution in [-0.2, 0) is 16.1 Å². The first kappa shape index (κ1) is 22.4. The maximum absolute atomic E-state index is 13.4. The van der Waals surface area contributed by atoms with Crippen molar-refractivity contribution in [3.63, 3.8) is 0 Å². The van der Waals surface area contributed by atoms with Gasteiger partial charge in [-0.15, -0.1) is 0 Å². The number of anilines is 1. The van der Waals surface area contributed by atoms with Crippen LogP contribution in [0.4, 0.5) is 5.69 Å². The Hall–Kier alpha value is -3.35. The fourth-order valence-corrected chi connectivity index (χ4v) is 5.41. The predicted molar refractivity (Wildman–Crippen MR) is 137 cm³/mol. The van der Waals surface area contributed by atoms with E-state index >= 15 is 0 Å². The molecule has 6 heteroatoms. The molecule has 0 unspecified atom stereocenters. The lowest BCUT2D eigenvalue weighted by Gasteiger charge is -2.37. The summed E-state index contributed by atoms with van der Waals surface area (Å²) >= 11 is 1.47. The van der Waals surface area contributed by atoms with Gasteiger partial charge in [0.1, 0.15) is 6.54 Å². The number of hydrogen-bond donors (Lipinski definition) is 0. The number of hydrogen-bond acceptors (Lipinski definition) is 4. The first-order valence-electron chi connectivity index (χ1n) is 11.6. The monoisotopic (exact) mass is 469 g/mol. The van der Waals surface area contributed by atoms with Crippen LogP contribution in [0.2, 0.25) is 0 Å². The summed E-state index contributed by atoms with van der Waals surface area (Å²) in [6, 6.07) is 28.0. The standard InChI is InChI=1S/C28H27N3O2S/c32-27(30-17-15-29(16-18-30)20-23-11-5-2-6-12-23)21-31-24-13-7-8-14-25(24)34-26(28(31)33)19-22-9-3-1-4-10-22/h1-14,19H,15-18,20-21H2/b26-19-. The minimum Gasteiger partial charge on any atom is -0.339 e. The van der Waals surface area contributed by atoms with Crippen LogP contribution in [0.15, 0.2) is 94.7 Å². The van der Waals surface area contributed by atoms with Crippen molar-refractivity contribution in [2.24, 2.45) is 0 Å². The smallest absolute Gasteiger partial charge is 0.265 e. The summed E-state index contributed by atoms with van der Waals surface area (Å²) in [4.78, 5) is 34.2. The number of fused-ring (bicyclic) bond motifs is 1. The van der Waals surface area contributed by atoms with Gasteiger partial charge in [0, 0.05) is 37.6 Å². The van der Waals surface area contributed by atoms with Crippen LogP contribution in [0.3, 0.4) is 0 Å². The third-order valence-electron chi connectivity index (χ3n) is 6.20. The summed E-state index contributed by atoms with van der Waals surface area (Å²) in [5, 5.41) is 0. The highest BCUT2D eigenvalue weighted by molar-refractivity contribution is 8.04. The lowest BCUT2D eigenvalue weighted by molar-refractivity contribution is -0.132. The van der Waals surface area contributed by atoms with E-state index in [1.54, 1.807) is 4.90 Å². The van der Waals surface area contributed by atoms with Crippen LogP contribution in [0.1, 0.15) is 11.1 Å². The van der Waals surface area contributed by atoms with Crippen molar-refractivity contribution >= 4 is 35.3 Å². The summed E-state index contributed by atoms with van der Waals surface area (Å²) in [7, 11) is 0. The van der Waals surface area contributed by atoms with Crippen molar-refractivity contribution < 1.29 is 9.59 Å². The predicted octanol–water partition coefficient (Wildman–Crippen LogP) is 4.51. The summed E-state index contributed by atoms with van der Waals surface area (Å²) in [5.74, 6) is -0.128. The number of para-hydroxylation sites is 1. The van der Waals surface area contributed by atoms with E-state index in [1.807, 2.05) is 71.6 Å². The fourth-order valence-electron chi connectivity index (χ4n) is 4.35. The Morgan fingerprint density at radius 3 is 2.21 bits per heavy atom. The molecule has 2 aliphatic rings. The van der Waals surface area contributed by atoms with Gasteiger partial charge in [0.2, 0.25) is 5.91 Å². The molecule has 0 aromatic heterocycles. The first-order chi connectivity index (χ1) is 16.7. The normalized spacial score (nSPS) is 17.6. The van der Waals surface area contributed by atoms with Gasteiger partial charge in [-0.2, -0.15) is 0 Å². The second kappa shape index (κ2) is 10.3. The highest BCUT2D eigenvalue weighted by Crippen LogP contribution is 2.42. The quantitative estimate of drug-likeness (QED) is 0.516. The molecule has 2 aliphatic heterocycles. The zero-order valence-corrected chi connectivity index (χ0v) is 19.8. The number of benzene rings is 3. The van der Waals surface area contributed by atoms with Crippen LogP contribution in [0, 0.1) is 0 Å². The maximum atomic E-state index is 13.4. The zero-order valence-electron chi connectivity index (χ0n) is 19.0. The summed E-state index contributed by atoms with van der Waals surface area (Å²) in [6.45, 7) is 3.97. The van der Waals surface area contributed by atoms with Crippen molar-refractivity contribution in [3.05, 3.63) is 101 Å². The van der Waals surface area contributed by atoms with Gasteiger partial charge in [0.05, 0.1) is 10.6 Å². The average molecular weight is 470 g/mol. The van der Waals surface area contributed by atoms with Crippen LogP contribution in [0.5, 0.6) is 0 Å². The number of amides is 2. The van der Waals surface area contributed by atoms with E-state index < -0.39 is 0 Å². The van der Waals surface area contributed by atoms with E-state index in [4.69, 9.17) is 0 Å². The van der Waals surface area contributed by atoms with Crippen LogP contribution < -0.4 is 4.90 Å². The Morgan fingerprint density at radius 2 is 1.47 bits per heavy atom. The molecule has 0 radical (unpaired) electrons. The number of rotatable bonds is 5. The molecule has 0 spiro atoms. The van der Waals surface area contributed by atoms with Gasteiger partial charge in [-0.1, -0.05) is 84.6 Å². The molecule has 172 valence electrons. The lowest BCUT2D eigenvalue weighted by Crippen LogP contribution is -2.52. The van der Waals surface area contributed by atoms with Gasteiger partial charge in [-0.25, -0.2) is 0 Å². The lowest BCUT2D eigenvalue weighted by atomic mass is 10.2. The van der Waals surface area contributed by atoms with Gasteiger partial charge in [-0.3, -0.25) is 19.4 Å². The molecule has 0 N–H and O–H groups in total. The second-order valence-corrected chi connectivity index (χ2v) is 9.61. The summed E-state index contributed by atoms with van der Waals surface area (Å²) in [6.07, 6.45) is 1.91. The van der Waals surface area contributed by atoms with Gasteiger partial charge >= 0.3 is 0 Å². The van der Waals surface area contributed by atoms with Gasteiger partial charge in [0.25, 0.3) is 5.91 Å². The number of thioether (sulfide) groups is 1. The Morgan fingerprint density at radius 1 is 0.824 bits per heavy atom. The molecule has 3 aromatic carbocycles. The minimum atomic E-state index is -0.122. The van der Waals surface area contributed by atoms with E-state index in [-0.39, 0.29) is 18.4 Å². The highest BCUT2D eigenvalue weighted by atomic mass is 32.2. The molecule has 0 saturated carbocycles. The van der Waals surface area contributed by atoms with E-state index in [9.17, 15) is 9.59 Å². The van der Waals surface area contributed by atoms with E-state index in [0.29, 0.717) is 18.0 Å². The van der Waals surface area contributed by atoms with Crippen molar-refractivity contribution in [2.75, 3.05) is 37.6 Å². The molecule has 0 aliphatic carbocycles. The maximum Gasteiger partial charge on any atom is 0.265 e. The van der Waals surface area contributed by atoms with Crippen LogP contribution in [0.25, 0.3) is 6.08 Å². The van der Waals surface area contributed by atoms with E-state index in [1.165, 1.54) is 17.3 Å². The third-order valence-corrected chi connectivity index (χ3v) is 7.27. The third kappa shape index (κ3) is 5.08. The van der Waals surface area contributed by atoms with Gasteiger partial charge < -0.3 is 4.90 Å². The Bertz CT molecular complexity index is 1190. The molecule has 0 bridgehead atoms. The van der Waals surface area contributed by atoms with Gasteiger partial charge in [0.15, 0.2) is 0 Å². The molecule has 2 heterocycles.